The molecule has 1 N–H and O–H groups in total. The van der Waals surface area contributed by atoms with E-state index in [2.05, 4.69) is 4.90 Å². The molecule has 0 aliphatic carbocycles. The van der Waals surface area contributed by atoms with E-state index in [9.17, 15) is 9.90 Å². The van der Waals surface area contributed by atoms with Crippen LogP contribution in [0.4, 0.5) is 0 Å². The molecular formula is C28H32ClNO3. The average Bonchev–Trinajstić information content (AvgIpc) is 2.85. The summed E-state index contributed by atoms with van der Waals surface area (Å²) in [4.78, 5) is 15.3. The van der Waals surface area contributed by atoms with Crippen LogP contribution in [0.1, 0.15) is 41.3 Å². The normalized spacial score (nSPS) is 15.4. The second kappa shape index (κ2) is 11.9. The zero-order chi connectivity index (χ0) is 22.3. The first-order valence-electron chi connectivity index (χ1n) is 11.4. The Kier molecular flexibility index (Phi) is 8.93. The van der Waals surface area contributed by atoms with E-state index in [1.165, 1.54) is 5.56 Å². The number of phenols is 1. The molecule has 1 heterocycles. The van der Waals surface area contributed by atoms with Gasteiger partial charge in [0.25, 0.3) is 0 Å². The highest BCUT2D eigenvalue weighted by molar-refractivity contribution is 5.99. The molecule has 1 atom stereocenters. The van der Waals surface area contributed by atoms with Crippen LogP contribution in [-0.4, -0.2) is 34.9 Å². The Morgan fingerprint density at radius 1 is 0.939 bits per heavy atom. The maximum Gasteiger partial charge on any atom is 0.179 e. The lowest BCUT2D eigenvalue weighted by molar-refractivity contribution is 0.0771. The molecule has 3 aromatic carbocycles. The fraction of sp³-hybridized carbons (Fsp3) is 0.321. The predicted molar refractivity (Wildman–Crippen MR) is 134 cm³/mol. The summed E-state index contributed by atoms with van der Waals surface area (Å²) >= 11 is 0. The molecule has 33 heavy (non-hydrogen) atoms. The summed E-state index contributed by atoms with van der Waals surface area (Å²) < 4.78 is 5.84. The number of piperidine rings is 1. The molecule has 3 aromatic rings. The Labute approximate surface area is 202 Å². The number of aromatic hydroxyl groups is 1. The van der Waals surface area contributed by atoms with E-state index in [1.54, 1.807) is 12.1 Å². The number of ketones is 1. The van der Waals surface area contributed by atoms with Gasteiger partial charge in [0, 0.05) is 5.56 Å². The van der Waals surface area contributed by atoms with Crippen LogP contribution >= 0.6 is 12.4 Å². The van der Waals surface area contributed by atoms with Gasteiger partial charge in [-0.25, -0.2) is 0 Å². The summed E-state index contributed by atoms with van der Waals surface area (Å²) in [6, 6.07) is 24.9. The van der Waals surface area contributed by atoms with Gasteiger partial charge in [-0.3, -0.25) is 9.69 Å². The molecule has 4 rings (SSSR count). The van der Waals surface area contributed by atoms with Crippen molar-refractivity contribution < 1.29 is 14.6 Å². The van der Waals surface area contributed by atoms with Crippen LogP contribution in [0.25, 0.3) is 0 Å². The molecule has 174 valence electrons. The number of hydrogen-bond acceptors (Lipinski definition) is 4. The lowest BCUT2D eigenvalue weighted by Crippen LogP contribution is -2.44. The third kappa shape index (κ3) is 6.83. The highest BCUT2D eigenvalue weighted by atomic mass is 35.5. The van der Waals surface area contributed by atoms with E-state index in [0.29, 0.717) is 18.3 Å². The lowest BCUT2D eigenvalue weighted by Gasteiger charge is -2.35. The molecule has 0 spiro atoms. The minimum absolute atomic E-state index is 0. The van der Waals surface area contributed by atoms with Gasteiger partial charge in [-0.1, -0.05) is 42.5 Å². The number of carbonyl (C=O) groups is 1. The summed E-state index contributed by atoms with van der Waals surface area (Å²) in [7, 11) is 0. The van der Waals surface area contributed by atoms with E-state index in [4.69, 9.17) is 4.74 Å². The van der Waals surface area contributed by atoms with Crippen LogP contribution in [0, 0.1) is 5.92 Å². The zero-order valence-corrected chi connectivity index (χ0v) is 19.8. The van der Waals surface area contributed by atoms with Crippen molar-refractivity contribution in [1.82, 2.24) is 4.90 Å². The number of nitrogens with zero attached hydrogens (tertiary/aromatic N) is 1. The van der Waals surface area contributed by atoms with Crippen LogP contribution < -0.4 is 4.74 Å². The highest BCUT2D eigenvalue weighted by Gasteiger charge is 2.27. The monoisotopic (exact) mass is 465 g/mol. The minimum atomic E-state index is -0.124. The van der Waals surface area contributed by atoms with E-state index in [0.717, 1.165) is 49.2 Å². The fourth-order valence-electron chi connectivity index (χ4n) is 4.37. The largest absolute Gasteiger partial charge is 0.508 e. The highest BCUT2D eigenvalue weighted by Crippen LogP contribution is 2.25. The van der Waals surface area contributed by atoms with Gasteiger partial charge < -0.3 is 9.84 Å². The van der Waals surface area contributed by atoms with Gasteiger partial charge in [0.1, 0.15) is 18.1 Å². The summed E-state index contributed by atoms with van der Waals surface area (Å²) in [6.07, 6.45) is 3.20. The molecule has 5 heteroatoms. The van der Waals surface area contributed by atoms with Crippen molar-refractivity contribution in [2.75, 3.05) is 13.1 Å². The van der Waals surface area contributed by atoms with E-state index in [-0.39, 0.29) is 24.2 Å². The molecule has 0 aromatic heterocycles. The lowest BCUT2D eigenvalue weighted by atomic mass is 9.89. The Morgan fingerprint density at radius 3 is 2.21 bits per heavy atom. The molecule has 1 aliphatic rings. The second-order valence-corrected chi connectivity index (χ2v) is 8.69. The van der Waals surface area contributed by atoms with Crippen LogP contribution in [0.15, 0.2) is 78.9 Å². The summed E-state index contributed by atoms with van der Waals surface area (Å²) in [5.74, 6) is 1.87. The van der Waals surface area contributed by atoms with Gasteiger partial charge in [0.15, 0.2) is 5.78 Å². The number of carbonyl (C=O) groups excluding carboxylic acids is 1. The van der Waals surface area contributed by atoms with E-state index < -0.39 is 0 Å². The number of hydrogen-bond donors (Lipinski definition) is 1. The van der Waals surface area contributed by atoms with Crippen molar-refractivity contribution >= 4 is 18.2 Å². The Hall–Kier alpha value is -2.82. The number of likely N-dealkylation sites (tertiary alicyclic amines) is 1. The summed E-state index contributed by atoms with van der Waals surface area (Å²) in [5.41, 5.74) is 3.12. The summed E-state index contributed by atoms with van der Waals surface area (Å²) in [5, 5.41) is 9.45. The molecule has 1 fully saturated rings. The molecular weight excluding hydrogens is 434 g/mol. The molecule has 0 radical (unpaired) electrons. The average molecular weight is 466 g/mol. The van der Waals surface area contributed by atoms with Crippen LogP contribution in [-0.2, 0) is 13.0 Å². The number of rotatable bonds is 8. The fourth-order valence-corrected chi connectivity index (χ4v) is 4.37. The Balaban J connectivity index is 0.00000306. The van der Waals surface area contributed by atoms with Gasteiger partial charge in [0.2, 0.25) is 0 Å². The zero-order valence-electron chi connectivity index (χ0n) is 19.0. The molecule has 1 saturated heterocycles. The number of phenolic OH excluding ortho intramolecular Hbond substituents is 1. The van der Waals surface area contributed by atoms with Crippen LogP contribution in [0.3, 0.4) is 0 Å². The topological polar surface area (TPSA) is 49.8 Å². The number of Topliss-reactive ketones (excluding diaryl/α,β-unsaturated/α-hetero) is 1. The number of halogens is 1. The van der Waals surface area contributed by atoms with E-state index in [1.807, 2.05) is 73.7 Å². The van der Waals surface area contributed by atoms with Crippen molar-refractivity contribution in [2.45, 2.75) is 38.8 Å². The van der Waals surface area contributed by atoms with Crippen molar-refractivity contribution in [1.29, 1.82) is 0 Å². The van der Waals surface area contributed by atoms with Crippen molar-refractivity contribution in [3.63, 3.8) is 0 Å². The molecule has 1 aliphatic heterocycles. The van der Waals surface area contributed by atoms with Gasteiger partial charge in [-0.05, 0) is 92.7 Å². The van der Waals surface area contributed by atoms with Gasteiger partial charge in [0.05, 0.1) is 6.04 Å². The number of benzene rings is 3. The quantitative estimate of drug-likeness (QED) is 0.419. The van der Waals surface area contributed by atoms with Crippen molar-refractivity contribution in [2.24, 2.45) is 5.92 Å². The Bertz CT molecular complexity index is 998. The third-order valence-corrected chi connectivity index (χ3v) is 6.42. The Morgan fingerprint density at radius 2 is 1.58 bits per heavy atom. The molecule has 0 bridgehead atoms. The standard InChI is InChI=1S/C28H31NO3.ClH/c1-21(29-17-15-23(16-18-29)19-22-7-11-26(30)12-8-22)28(31)25-9-13-27(14-10-25)32-20-24-5-3-2-4-6-24;/h2-14,21,23,30H,15-20H2,1H3;1H. The van der Waals surface area contributed by atoms with Crippen LogP contribution in [0.2, 0.25) is 0 Å². The second-order valence-electron chi connectivity index (χ2n) is 8.69. The van der Waals surface area contributed by atoms with Gasteiger partial charge in [-0.2, -0.15) is 0 Å². The maximum atomic E-state index is 13.0. The van der Waals surface area contributed by atoms with Gasteiger partial charge in [-0.15, -0.1) is 12.4 Å². The number of ether oxygens (including phenoxy) is 1. The molecule has 0 saturated carbocycles. The third-order valence-electron chi connectivity index (χ3n) is 6.42. The smallest absolute Gasteiger partial charge is 0.179 e. The SMILES string of the molecule is CC(C(=O)c1ccc(OCc2ccccc2)cc1)N1CCC(Cc2ccc(O)cc2)CC1.Cl. The first kappa shape index (κ1) is 24.8. The predicted octanol–water partition coefficient (Wildman–Crippen LogP) is 5.92. The van der Waals surface area contributed by atoms with Crippen LogP contribution in [0.5, 0.6) is 11.5 Å². The molecule has 1 unspecified atom stereocenters. The maximum absolute atomic E-state index is 13.0. The van der Waals surface area contributed by atoms with Crippen molar-refractivity contribution in [3.8, 4) is 11.5 Å². The molecule has 0 amide bonds. The van der Waals surface area contributed by atoms with Gasteiger partial charge >= 0.3 is 0 Å². The first-order chi connectivity index (χ1) is 15.6. The van der Waals surface area contributed by atoms with E-state index >= 15 is 0 Å². The van der Waals surface area contributed by atoms with Crippen molar-refractivity contribution in [3.05, 3.63) is 95.6 Å². The molecule has 4 nitrogen and oxygen atoms in total. The minimum Gasteiger partial charge on any atom is -0.508 e. The first-order valence-corrected chi connectivity index (χ1v) is 11.4. The summed E-state index contributed by atoms with van der Waals surface area (Å²) in [6.45, 7) is 4.41.